The van der Waals surface area contributed by atoms with E-state index in [0.717, 1.165) is 6.42 Å². The van der Waals surface area contributed by atoms with E-state index in [1.54, 1.807) is 0 Å². The number of carbonyl (C=O) groups excluding carboxylic acids is 1. The molecule has 0 aromatic rings. The van der Waals surface area contributed by atoms with Crippen LogP contribution in [0.15, 0.2) is 0 Å². The molecule has 82 valence electrons. The summed E-state index contributed by atoms with van der Waals surface area (Å²) in [6, 6.07) is 0. The van der Waals surface area contributed by atoms with Crippen molar-refractivity contribution in [1.82, 2.24) is 0 Å². The lowest BCUT2D eigenvalue weighted by Crippen LogP contribution is -2.21. The molecule has 3 rings (SSSR count). The first-order valence-electron chi connectivity index (χ1n) is 5.17. The second kappa shape index (κ2) is 3.09. The smallest absolute Gasteiger partial charge is 0.309 e. The highest BCUT2D eigenvalue weighted by molar-refractivity contribution is 14.1. The summed E-state index contributed by atoms with van der Waals surface area (Å²) in [5, 5.41) is 9.11. The Kier molecular flexibility index (Phi) is 2.03. The van der Waals surface area contributed by atoms with E-state index in [0.29, 0.717) is 10.3 Å². The third kappa shape index (κ3) is 1.18. The largest absolute Gasteiger partial charge is 0.481 e. The number of hydrogen-bond donors (Lipinski definition) is 1. The molecule has 3 aliphatic rings. The van der Waals surface area contributed by atoms with Gasteiger partial charge in [0.05, 0.1) is 11.8 Å². The number of aliphatic carboxylic acids is 1. The third-order valence-electron chi connectivity index (χ3n) is 4.09. The molecule has 5 heteroatoms. The predicted octanol–water partition coefficient (Wildman–Crippen LogP) is 1.07. The standard InChI is InChI=1S/C10H11IO4/c11-6-2-3-4(9(12)13)1-5-7(3)8(6)15-10(5)14/h3-8H,1-2H2,(H,12,13)/t3-,4-,5+,6+,7-,8-/m1/s1. The van der Waals surface area contributed by atoms with Crippen LogP contribution in [0.2, 0.25) is 0 Å². The van der Waals surface area contributed by atoms with Crippen molar-refractivity contribution < 1.29 is 19.4 Å². The lowest BCUT2D eigenvalue weighted by atomic mass is 9.91. The van der Waals surface area contributed by atoms with Gasteiger partial charge in [-0.1, -0.05) is 22.6 Å². The van der Waals surface area contributed by atoms with E-state index in [1.165, 1.54) is 0 Å². The maximum absolute atomic E-state index is 11.5. The molecule has 2 saturated carbocycles. The van der Waals surface area contributed by atoms with Crippen LogP contribution in [0.4, 0.5) is 0 Å². The minimum absolute atomic E-state index is 0.0163. The molecule has 15 heavy (non-hydrogen) atoms. The van der Waals surface area contributed by atoms with Gasteiger partial charge in [0.25, 0.3) is 0 Å². The van der Waals surface area contributed by atoms with Crippen LogP contribution in [0, 0.1) is 23.7 Å². The summed E-state index contributed by atoms with van der Waals surface area (Å²) in [5.41, 5.74) is 0. The number of hydrogen-bond acceptors (Lipinski definition) is 3. The Hall–Kier alpha value is -0.330. The molecule has 0 radical (unpaired) electrons. The maximum atomic E-state index is 11.5. The summed E-state index contributed by atoms with van der Waals surface area (Å²) in [7, 11) is 0. The molecule has 1 N–H and O–H groups in total. The van der Waals surface area contributed by atoms with Gasteiger partial charge in [0.15, 0.2) is 0 Å². The van der Waals surface area contributed by atoms with E-state index in [4.69, 9.17) is 9.84 Å². The van der Waals surface area contributed by atoms with Crippen molar-refractivity contribution in [2.45, 2.75) is 22.9 Å². The maximum Gasteiger partial charge on any atom is 0.309 e. The summed E-state index contributed by atoms with van der Waals surface area (Å²) >= 11 is 2.28. The van der Waals surface area contributed by atoms with Crippen LogP contribution in [-0.4, -0.2) is 27.1 Å². The van der Waals surface area contributed by atoms with Gasteiger partial charge in [-0.3, -0.25) is 9.59 Å². The molecule has 0 amide bonds. The zero-order valence-corrected chi connectivity index (χ0v) is 10.1. The SMILES string of the molecule is O=C1O[C@H]2[C@@H]3[C@H](C[C@@H]2I)[C@H](C(=O)O)C[C@H]13. The molecule has 1 saturated heterocycles. The van der Waals surface area contributed by atoms with Crippen LogP contribution in [0.1, 0.15) is 12.8 Å². The number of carboxylic acid groups (broad SMARTS) is 1. The normalized spacial score (nSPS) is 51.7. The van der Waals surface area contributed by atoms with Gasteiger partial charge < -0.3 is 9.84 Å². The van der Waals surface area contributed by atoms with E-state index in [2.05, 4.69) is 22.6 Å². The van der Waals surface area contributed by atoms with Crippen molar-refractivity contribution in [3.05, 3.63) is 0 Å². The van der Waals surface area contributed by atoms with Crippen LogP contribution in [0.25, 0.3) is 0 Å². The summed E-state index contributed by atoms with van der Waals surface area (Å²) in [6.07, 6.45) is 1.36. The van der Waals surface area contributed by atoms with Gasteiger partial charge in [0, 0.05) is 9.84 Å². The van der Waals surface area contributed by atoms with Crippen molar-refractivity contribution in [1.29, 1.82) is 0 Å². The van der Waals surface area contributed by atoms with Crippen LogP contribution in [0.3, 0.4) is 0 Å². The number of carboxylic acids is 1. The van der Waals surface area contributed by atoms with Gasteiger partial charge in [-0.2, -0.15) is 0 Å². The summed E-state index contributed by atoms with van der Waals surface area (Å²) in [5.74, 6) is -1.03. The summed E-state index contributed by atoms with van der Waals surface area (Å²) in [4.78, 5) is 22.6. The van der Waals surface area contributed by atoms with E-state index in [-0.39, 0.29) is 35.7 Å². The van der Waals surface area contributed by atoms with Crippen LogP contribution >= 0.6 is 22.6 Å². The van der Waals surface area contributed by atoms with Gasteiger partial charge in [-0.15, -0.1) is 0 Å². The molecule has 0 bridgehead atoms. The van der Waals surface area contributed by atoms with Crippen molar-refractivity contribution in [2.75, 3.05) is 0 Å². The number of carbonyl (C=O) groups is 2. The van der Waals surface area contributed by atoms with Gasteiger partial charge >= 0.3 is 11.9 Å². The first-order chi connectivity index (χ1) is 7.09. The molecule has 0 spiro atoms. The molecule has 0 unspecified atom stereocenters. The highest BCUT2D eigenvalue weighted by Gasteiger charge is 2.63. The molecule has 4 nitrogen and oxygen atoms in total. The second-order valence-electron chi connectivity index (χ2n) is 4.68. The van der Waals surface area contributed by atoms with E-state index in [1.807, 2.05) is 0 Å². The van der Waals surface area contributed by atoms with Crippen molar-refractivity contribution in [2.24, 2.45) is 23.7 Å². The topological polar surface area (TPSA) is 63.6 Å². The quantitative estimate of drug-likeness (QED) is 0.446. The number of halogens is 1. The average molecular weight is 322 g/mol. The first kappa shape index (κ1) is 9.86. The van der Waals surface area contributed by atoms with Gasteiger partial charge in [0.2, 0.25) is 0 Å². The van der Waals surface area contributed by atoms with E-state index < -0.39 is 5.97 Å². The van der Waals surface area contributed by atoms with Gasteiger partial charge in [0.1, 0.15) is 6.10 Å². The van der Waals surface area contributed by atoms with Crippen LogP contribution < -0.4 is 0 Å². The molecule has 3 fully saturated rings. The Morgan fingerprint density at radius 3 is 2.87 bits per heavy atom. The Bertz CT molecular complexity index is 342. The molecule has 0 aromatic heterocycles. The highest BCUT2D eigenvalue weighted by Crippen LogP contribution is 2.57. The average Bonchev–Trinajstić information content (AvgIpc) is 2.73. The molecule has 0 aromatic carbocycles. The molecular weight excluding hydrogens is 311 g/mol. The predicted molar refractivity (Wildman–Crippen MR) is 58.5 cm³/mol. The molecule has 6 atom stereocenters. The fourth-order valence-corrected chi connectivity index (χ4v) is 4.73. The van der Waals surface area contributed by atoms with Crippen molar-refractivity contribution in [3.8, 4) is 0 Å². The number of ether oxygens (including phenoxy) is 1. The zero-order chi connectivity index (χ0) is 10.7. The van der Waals surface area contributed by atoms with Gasteiger partial charge in [-0.25, -0.2) is 0 Å². The van der Waals surface area contributed by atoms with Crippen molar-refractivity contribution >= 4 is 34.5 Å². The van der Waals surface area contributed by atoms with E-state index >= 15 is 0 Å². The minimum atomic E-state index is -0.744. The fraction of sp³-hybridized carbons (Fsp3) is 0.800. The number of alkyl halides is 1. The summed E-state index contributed by atoms with van der Waals surface area (Å²) < 4.78 is 5.62. The second-order valence-corrected chi connectivity index (χ2v) is 6.28. The molecule has 1 heterocycles. The number of rotatable bonds is 1. The number of esters is 1. The van der Waals surface area contributed by atoms with Crippen molar-refractivity contribution in [3.63, 3.8) is 0 Å². The lowest BCUT2D eigenvalue weighted by Gasteiger charge is -2.13. The van der Waals surface area contributed by atoms with E-state index in [9.17, 15) is 9.59 Å². The Balaban J connectivity index is 1.95. The Labute approximate surface area is 100 Å². The Morgan fingerprint density at radius 1 is 1.47 bits per heavy atom. The monoisotopic (exact) mass is 322 g/mol. The molecule has 1 aliphatic heterocycles. The fourth-order valence-electron chi connectivity index (χ4n) is 3.51. The third-order valence-corrected chi connectivity index (χ3v) is 5.31. The summed E-state index contributed by atoms with van der Waals surface area (Å²) in [6.45, 7) is 0. The van der Waals surface area contributed by atoms with Gasteiger partial charge in [-0.05, 0) is 18.8 Å². The minimum Gasteiger partial charge on any atom is -0.481 e. The first-order valence-corrected chi connectivity index (χ1v) is 6.41. The van der Waals surface area contributed by atoms with Crippen LogP contribution in [0.5, 0.6) is 0 Å². The highest BCUT2D eigenvalue weighted by atomic mass is 127. The molecule has 2 aliphatic carbocycles. The Morgan fingerprint density at radius 2 is 2.20 bits per heavy atom. The lowest BCUT2D eigenvalue weighted by molar-refractivity contribution is -0.145. The van der Waals surface area contributed by atoms with Crippen LogP contribution in [-0.2, 0) is 14.3 Å². The zero-order valence-electron chi connectivity index (χ0n) is 7.93. The molecular formula is C10H11IO4.